The van der Waals surface area contributed by atoms with Gasteiger partial charge in [0.1, 0.15) is 12.3 Å². The van der Waals surface area contributed by atoms with Crippen molar-refractivity contribution in [3.63, 3.8) is 0 Å². The molecule has 2 aliphatic heterocycles. The number of carbonyl (C=O) groups is 2. The molecule has 1 spiro atoms. The molecule has 194 valence electrons. The van der Waals surface area contributed by atoms with E-state index < -0.39 is 0 Å². The molecule has 9 heteroatoms. The van der Waals surface area contributed by atoms with Gasteiger partial charge >= 0.3 is 0 Å². The normalized spacial score (nSPS) is 22.2. The van der Waals surface area contributed by atoms with Crippen molar-refractivity contribution in [2.24, 2.45) is 0 Å². The number of nitrogens with zero attached hydrogens (tertiary/aromatic N) is 5. The van der Waals surface area contributed by atoms with Crippen molar-refractivity contribution in [1.29, 1.82) is 0 Å². The van der Waals surface area contributed by atoms with Crippen LogP contribution in [-0.2, 0) is 16.0 Å². The summed E-state index contributed by atoms with van der Waals surface area (Å²) in [6, 6.07) is 9.93. The Bertz CT molecular complexity index is 1300. The molecule has 1 saturated heterocycles. The predicted octanol–water partition coefficient (Wildman–Crippen LogP) is 3.16. The Morgan fingerprint density at radius 1 is 1.16 bits per heavy atom. The SMILES string of the molecule is CN1CCN(C(=O)CN2C(=O)CCCC(Oc3cnc4[nH]ncc4c3)CCc3ccccc32)CC12CC2. The van der Waals surface area contributed by atoms with Crippen molar-refractivity contribution in [3.8, 4) is 5.75 Å². The lowest BCUT2D eigenvalue weighted by molar-refractivity contribution is -0.134. The van der Waals surface area contributed by atoms with E-state index in [9.17, 15) is 9.59 Å². The van der Waals surface area contributed by atoms with E-state index in [1.165, 1.54) is 0 Å². The maximum absolute atomic E-state index is 13.5. The molecule has 37 heavy (non-hydrogen) atoms. The molecule has 0 radical (unpaired) electrons. The van der Waals surface area contributed by atoms with Crippen LogP contribution in [0.4, 0.5) is 5.69 Å². The second kappa shape index (κ2) is 9.78. The number of likely N-dealkylation sites (N-methyl/N-ethyl adjacent to an activating group) is 1. The van der Waals surface area contributed by atoms with Crippen LogP contribution in [-0.4, -0.2) is 81.7 Å². The molecule has 2 fully saturated rings. The average molecular weight is 503 g/mol. The summed E-state index contributed by atoms with van der Waals surface area (Å²) in [5, 5.41) is 7.80. The Balaban J connectivity index is 1.18. The van der Waals surface area contributed by atoms with Crippen LogP contribution in [0.1, 0.15) is 44.1 Å². The molecule has 1 unspecified atom stereocenters. The Morgan fingerprint density at radius 3 is 2.89 bits per heavy atom. The van der Waals surface area contributed by atoms with E-state index in [4.69, 9.17) is 4.74 Å². The van der Waals surface area contributed by atoms with Gasteiger partial charge in [-0.1, -0.05) is 18.2 Å². The number of carbonyl (C=O) groups excluding carboxylic acids is 2. The molecular formula is C28H34N6O3. The summed E-state index contributed by atoms with van der Waals surface area (Å²) in [6.45, 7) is 2.48. The number of rotatable bonds is 4. The van der Waals surface area contributed by atoms with E-state index >= 15 is 0 Å². The van der Waals surface area contributed by atoms with Crippen LogP contribution in [0.25, 0.3) is 11.0 Å². The molecule has 4 heterocycles. The molecule has 3 aliphatic rings. The van der Waals surface area contributed by atoms with Crippen molar-refractivity contribution in [3.05, 3.63) is 48.3 Å². The number of amides is 2. The standard InChI is InChI=1S/C28H34N6O3/c1-32-13-14-33(19-28(32)11-12-28)26(36)18-34-24-7-3-2-5-20(24)9-10-22(6-4-8-25(34)35)37-23-15-21-16-30-31-27(21)29-17-23/h2-3,5,7,15-17,22H,4,6,8-14,18-19H2,1H3,(H,29,30,31). The highest BCUT2D eigenvalue weighted by molar-refractivity contribution is 5.99. The Hall–Kier alpha value is -3.46. The number of hydrogen-bond donors (Lipinski definition) is 1. The van der Waals surface area contributed by atoms with E-state index in [1.54, 1.807) is 17.3 Å². The lowest BCUT2D eigenvalue weighted by Gasteiger charge is -2.41. The third kappa shape index (κ3) is 4.92. The van der Waals surface area contributed by atoms with Crippen LogP contribution in [0.3, 0.4) is 0 Å². The first-order valence-electron chi connectivity index (χ1n) is 13.3. The van der Waals surface area contributed by atoms with Gasteiger partial charge < -0.3 is 14.5 Å². The summed E-state index contributed by atoms with van der Waals surface area (Å²) in [7, 11) is 2.16. The van der Waals surface area contributed by atoms with Gasteiger partial charge in [0.2, 0.25) is 11.8 Å². The fraction of sp³-hybridized carbons (Fsp3) is 0.500. The maximum Gasteiger partial charge on any atom is 0.242 e. The third-order valence-corrected chi connectivity index (χ3v) is 8.28. The molecule has 1 aliphatic carbocycles. The zero-order valence-corrected chi connectivity index (χ0v) is 21.4. The van der Waals surface area contributed by atoms with Gasteiger partial charge in [0, 0.05) is 42.7 Å². The summed E-state index contributed by atoms with van der Waals surface area (Å²) in [5.74, 6) is 0.754. The second-order valence-electron chi connectivity index (χ2n) is 10.7. The molecule has 1 atom stereocenters. The number of fused-ring (bicyclic) bond motifs is 2. The molecule has 2 aromatic heterocycles. The van der Waals surface area contributed by atoms with Crippen LogP contribution in [0, 0.1) is 0 Å². The van der Waals surface area contributed by atoms with Crippen LogP contribution in [0.15, 0.2) is 42.7 Å². The number of piperazine rings is 1. The van der Waals surface area contributed by atoms with Gasteiger partial charge in [-0.05, 0) is 63.3 Å². The lowest BCUT2D eigenvalue weighted by Crippen LogP contribution is -2.56. The van der Waals surface area contributed by atoms with Crippen LogP contribution in [0.2, 0.25) is 0 Å². The van der Waals surface area contributed by atoms with Gasteiger partial charge in [0.05, 0.1) is 18.5 Å². The van der Waals surface area contributed by atoms with E-state index in [-0.39, 0.29) is 30.0 Å². The monoisotopic (exact) mass is 502 g/mol. The van der Waals surface area contributed by atoms with Crippen LogP contribution >= 0.6 is 0 Å². The Morgan fingerprint density at radius 2 is 2.03 bits per heavy atom. The van der Waals surface area contributed by atoms with Crippen molar-refractivity contribution in [1.82, 2.24) is 25.0 Å². The maximum atomic E-state index is 13.5. The fourth-order valence-electron chi connectivity index (χ4n) is 5.76. The van der Waals surface area contributed by atoms with Crippen LogP contribution < -0.4 is 9.64 Å². The second-order valence-corrected chi connectivity index (χ2v) is 10.7. The van der Waals surface area contributed by atoms with Crippen molar-refractivity contribution < 1.29 is 14.3 Å². The van der Waals surface area contributed by atoms with Gasteiger partial charge in [-0.25, -0.2) is 4.98 Å². The number of aryl methyl sites for hydroxylation is 1. The number of para-hydroxylation sites is 1. The molecular weight excluding hydrogens is 468 g/mol. The van der Waals surface area contributed by atoms with Crippen molar-refractivity contribution in [2.45, 2.75) is 56.6 Å². The highest BCUT2D eigenvalue weighted by Gasteiger charge is 2.50. The molecule has 3 aromatic rings. The zero-order chi connectivity index (χ0) is 25.4. The molecule has 1 aromatic carbocycles. The minimum Gasteiger partial charge on any atom is -0.489 e. The smallest absolute Gasteiger partial charge is 0.242 e. The zero-order valence-electron chi connectivity index (χ0n) is 21.4. The summed E-state index contributed by atoms with van der Waals surface area (Å²) < 4.78 is 6.33. The number of pyridine rings is 1. The number of H-pyrrole nitrogens is 1. The largest absolute Gasteiger partial charge is 0.489 e. The average Bonchev–Trinajstić information content (AvgIpc) is 3.52. The molecule has 9 nitrogen and oxygen atoms in total. The number of hydrogen-bond acceptors (Lipinski definition) is 6. The van der Waals surface area contributed by atoms with Crippen LogP contribution in [0.5, 0.6) is 5.75 Å². The molecule has 1 saturated carbocycles. The summed E-state index contributed by atoms with van der Waals surface area (Å²) >= 11 is 0. The number of nitrogens with one attached hydrogen (secondary N) is 1. The predicted molar refractivity (Wildman–Crippen MR) is 140 cm³/mol. The summed E-state index contributed by atoms with van der Waals surface area (Å²) in [6.07, 6.45) is 9.15. The summed E-state index contributed by atoms with van der Waals surface area (Å²) in [5.41, 5.74) is 2.81. The third-order valence-electron chi connectivity index (χ3n) is 8.28. The van der Waals surface area contributed by atoms with Gasteiger partial charge in [-0.15, -0.1) is 0 Å². The summed E-state index contributed by atoms with van der Waals surface area (Å²) in [4.78, 5) is 37.3. The first-order chi connectivity index (χ1) is 18.0. The van der Waals surface area contributed by atoms with E-state index in [1.807, 2.05) is 29.2 Å². The lowest BCUT2D eigenvalue weighted by atomic mass is 9.98. The van der Waals surface area contributed by atoms with E-state index in [0.717, 1.165) is 74.0 Å². The Kier molecular flexibility index (Phi) is 6.32. The highest BCUT2D eigenvalue weighted by atomic mass is 16.5. The molecule has 6 rings (SSSR count). The van der Waals surface area contributed by atoms with Gasteiger partial charge in [-0.2, -0.15) is 5.10 Å². The fourth-order valence-corrected chi connectivity index (χ4v) is 5.76. The first-order valence-corrected chi connectivity index (χ1v) is 13.3. The minimum absolute atomic E-state index is 0.00167. The topological polar surface area (TPSA) is 94.7 Å². The number of ether oxygens (including phenoxy) is 1. The number of anilines is 1. The van der Waals surface area contributed by atoms with Crippen molar-refractivity contribution >= 4 is 28.5 Å². The Labute approximate surface area is 216 Å². The quantitative estimate of drug-likeness (QED) is 0.589. The minimum atomic E-state index is -0.0275. The van der Waals surface area contributed by atoms with Gasteiger partial charge in [-0.3, -0.25) is 19.6 Å². The number of aromatic nitrogens is 3. The molecule has 1 N–H and O–H groups in total. The van der Waals surface area contributed by atoms with E-state index in [2.05, 4.69) is 33.2 Å². The van der Waals surface area contributed by atoms with E-state index in [0.29, 0.717) is 18.6 Å². The van der Waals surface area contributed by atoms with Gasteiger partial charge in [0.15, 0.2) is 5.65 Å². The first kappa shape index (κ1) is 23.9. The number of benzene rings is 1. The van der Waals surface area contributed by atoms with Crippen molar-refractivity contribution in [2.75, 3.05) is 38.1 Å². The number of aromatic amines is 1. The molecule has 0 bridgehead atoms. The highest BCUT2D eigenvalue weighted by Crippen LogP contribution is 2.43. The van der Waals surface area contributed by atoms with Gasteiger partial charge in [0.25, 0.3) is 0 Å². The molecule has 2 amide bonds.